The van der Waals surface area contributed by atoms with Crippen molar-refractivity contribution in [3.8, 4) is 0 Å². The monoisotopic (exact) mass is 272 g/mol. The molecule has 0 aliphatic heterocycles. The molecule has 0 atom stereocenters. The molecule has 2 heterocycles. The lowest BCUT2D eigenvalue weighted by molar-refractivity contribution is 0.109. The lowest BCUT2D eigenvalue weighted by atomic mass is 10.4. The summed E-state index contributed by atoms with van der Waals surface area (Å²) in [5.74, 6) is 1.79. The van der Waals surface area contributed by atoms with Gasteiger partial charge in [-0.3, -0.25) is 4.79 Å². The highest BCUT2D eigenvalue weighted by molar-refractivity contribution is 8.02. The van der Waals surface area contributed by atoms with Gasteiger partial charge in [0.1, 0.15) is 5.76 Å². The summed E-state index contributed by atoms with van der Waals surface area (Å²) in [6.45, 7) is 0. The Bertz CT molecular complexity index is 481. The van der Waals surface area contributed by atoms with Gasteiger partial charge in [-0.15, -0.1) is 10.2 Å². The van der Waals surface area contributed by atoms with Crippen LogP contribution in [0.4, 0.5) is 0 Å². The summed E-state index contributed by atoms with van der Waals surface area (Å²) >= 11 is 4.69. The summed E-state index contributed by atoms with van der Waals surface area (Å²) in [6.07, 6.45) is 2.67. The molecule has 0 bridgehead atoms. The van der Waals surface area contributed by atoms with E-state index < -0.39 is 0 Å². The molecule has 0 aliphatic carbocycles. The Morgan fingerprint density at radius 1 is 1.44 bits per heavy atom. The molecule has 4 nitrogen and oxygen atoms in total. The third-order valence-electron chi connectivity index (χ3n) is 1.70. The van der Waals surface area contributed by atoms with Crippen molar-refractivity contribution in [3.05, 3.63) is 23.7 Å². The molecule has 0 unspecified atom stereocenters. The first kappa shape index (κ1) is 11.7. The highest BCUT2D eigenvalue weighted by Gasteiger charge is 2.06. The lowest BCUT2D eigenvalue weighted by Crippen LogP contribution is -1.76. The van der Waals surface area contributed by atoms with Crippen LogP contribution in [0.25, 0.3) is 0 Å². The molecule has 0 fully saturated rings. The minimum atomic E-state index is 0.359. The van der Waals surface area contributed by atoms with Crippen molar-refractivity contribution in [2.45, 2.75) is 14.4 Å². The SMILES string of the molecule is CSc1nnc(SCc2ccc(C=O)o2)s1. The first-order valence-corrected chi connectivity index (χ1v) is 7.38. The molecule has 0 amide bonds. The topological polar surface area (TPSA) is 56.0 Å². The van der Waals surface area contributed by atoms with Crippen molar-refractivity contribution in [3.63, 3.8) is 0 Å². The number of thioether (sulfide) groups is 2. The molecule has 84 valence electrons. The Balaban J connectivity index is 1.93. The van der Waals surface area contributed by atoms with Crippen LogP contribution in [0.5, 0.6) is 0 Å². The van der Waals surface area contributed by atoms with E-state index in [-0.39, 0.29) is 0 Å². The summed E-state index contributed by atoms with van der Waals surface area (Å²) in [7, 11) is 0. The third kappa shape index (κ3) is 2.87. The second-order valence-corrected chi connectivity index (χ2v) is 6.00. The van der Waals surface area contributed by atoms with Crippen LogP contribution in [0.15, 0.2) is 25.2 Å². The average molecular weight is 272 g/mol. The molecule has 16 heavy (non-hydrogen) atoms. The zero-order chi connectivity index (χ0) is 11.4. The van der Waals surface area contributed by atoms with Crippen LogP contribution in [0.2, 0.25) is 0 Å². The summed E-state index contributed by atoms with van der Waals surface area (Å²) in [5, 5.41) is 8.02. The zero-order valence-corrected chi connectivity index (χ0v) is 10.8. The predicted molar refractivity (Wildman–Crippen MR) is 65.3 cm³/mol. The fourth-order valence-corrected chi connectivity index (χ4v) is 3.34. The summed E-state index contributed by atoms with van der Waals surface area (Å²) in [4.78, 5) is 10.4. The Morgan fingerprint density at radius 2 is 2.25 bits per heavy atom. The van der Waals surface area contributed by atoms with Gasteiger partial charge in [0.05, 0.1) is 5.75 Å². The van der Waals surface area contributed by atoms with Gasteiger partial charge in [-0.05, 0) is 18.4 Å². The van der Waals surface area contributed by atoms with Crippen LogP contribution < -0.4 is 0 Å². The van der Waals surface area contributed by atoms with Crippen LogP contribution in [0.1, 0.15) is 16.3 Å². The Hall–Kier alpha value is -0.790. The second-order valence-electron chi connectivity index (χ2n) is 2.75. The molecule has 0 aromatic carbocycles. The van der Waals surface area contributed by atoms with Gasteiger partial charge in [-0.1, -0.05) is 34.9 Å². The van der Waals surface area contributed by atoms with Crippen LogP contribution in [0, 0.1) is 0 Å². The summed E-state index contributed by atoms with van der Waals surface area (Å²) in [6, 6.07) is 3.46. The first-order valence-electron chi connectivity index (χ1n) is 4.36. The molecular formula is C9H8N2O2S3. The van der Waals surface area contributed by atoms with Gasteiger partial charge < -0.3 is 4.42 Å². The largest absolute Gasteiger partial charge is 0.457 e. The van der Waals surface area contributed by atoms with Crippen molar-refractivity contribution in [1.29, 1.82) is 0 Å². The zero-order valence-electron chi connectivity index (χ0n) is 8.37. The maximum atomic E-state index is 10.4. The molecule has 0 radical (unpaired) electrons. The van der Waals surface area contributed by atoms with E-state index in [1.165, 1.54) is 0 Å². The van der Waals surface area contributed by atoms with Gasteiger partial charge in [0.25, 0.3) is 0 Å². The van der Waals surface area contributed by atoms with E-state index in [9.17, 15) is 4.79 Å². The molecule has 0 N–H and O–H groups in total. The van der Waals surface area contributed by atoms with E-state index in [4.69, 9.17) is 4.42 Å². The van der Waals surface area contributed by atoms with Crippen molar-refractivity contribution < 1.29 is 9.21 Å². The van der Waals surface area contributed by atoms with Crippen LogP contribution >= 0.6 is 34.9 Å². The Kier molecular flexibility index (Phi) is 4.03. The van der Waals surface area contributed by atoms with E-state index in [2.05, 4.69) is 10.2 Å². The standard InChI is InChI=1S/C9H8N2O2S3/c1-14-8-10-11-9(16-8)15-5-7-3-2-6(4-12)13-7/h2-4H,5H2,1H3. The number of aldehydes is 1. The second kappa shape index (κ2) is 5.51. The third-order valence-corrected chi connectivity index (χ3v) is 4.75. The first-order chi connectivity index (χ1) is 7.81. The Morgan fingerprint density at radius 3 is 2.88 bits per heavy atom. The number of hydrogen-bond acceptors (Lipinski definition) is 7. The smallest absolute Gasteiger partial charge is 0.185 e. The van der Waals surface area contributed by atoms with Gasteiger partial charge in [0.2, 0.25) is 0 Å². The van der Waals surface area contributed by atoms with E-state index >= 15 is 0 Å². The summed E-state index contributed by atoms with van der Waals surface area (Å²) < 4.78 is 7.11. The summed E-state index contributed by atoms with van der Waals surface area (Å²) in [5.41, 5.74) is 0. The number of hydrogen-bond donors (Lipinski definition) is 0. The van der Waals surface area contributed by atoms with Gasteiger partial charge in [0, 0.05) is 0 Å². The maximum absolute atomic E-state index is 10.4. The highest BCUT2D eigenvalue weighted by atomic mass is 32.2. The molecule has 0 aliphatic rings. The number of rotatable bonds is 5. The molecule has 0 saturated heterocycles. The highest BCUT2D eigenvalue weighted by Crippen LogP contribution is 2.29. The molecule has 2 aromatic rings. The van der Waals surface area contributed by atoms with Gasteiger partial charge in [-0.25, -0.2) is 0 Å². The van der Waals surface area contributed by atoms with Crippen LogP contribution in [-0.4, -0.2) is 22.7 Å². The minimum absolute atomic E-state index is 0.359. The molecule has 0 spiro atoms. The number of carbonyl (C=O) groups excluding carboxylic acids is 1. The quantitative estimate of drug-likeness (QED) is 0.616. The van der Waals surface area contributed by atoms with Gasteiger partial charge >= 0.3 is 0 Å². The van der Waals surface area contributed by atoms with Crippen LogP contribution in [-0.2, 0) is 5.75 Å². The van der Waals surface area contributed by atoms with Crippen LogP contribution in [0.3, 0.4) is 0 Å². The van der Waals surface area contributed by atoms with Crippen molar-refractivity contribution in [1.82, 2.24) is 10.2 Å². The van der Waals surface area contributed by atoms with Crippen molar-refractivity contribution >= 4 is 41.1 Å². The molecule has 0 saturated carbocycles. The van der Waals surface area contributed by atoms with E-state index in [1.54, 1.807) is 47.0 Å². The minimum Gasteiger partial charge on any atom is -0.457 e. The number of carbonyl (C=O) groups is 1. The Labute approximate surface area is 105 Å². The fraction of sp³-hybridized carbons (Fsp3) is 0.222. The fourth-order valence-electron chi connectivity index (χ4n) is 1.01. The molecule has 2 rings (SSSR count). The molecule has 2 aromatic heterocycles. The van der Waals surface area contributed by atoms with Crippen molar-refractivity contribution in [2.24, 2.45) is 0 Å². The van der Waals surface area contributed by atoms with E-state index in [0.717, 1.165) is 14.4 Å². The van der Waals surface area contributed by atoms with Gasteiger partial charge in [-0.2, -0.15) is 0 Å². The molecule has 7 heteroatoms. The average Bonchev–Trinajstić information content (AvgIpc) is 2.95. The lowest BCUT2D eigenvalue weighted by Gasteiger charge is -1.91. The molecular weight excluding hydrogens is 264 g/mol. The number of nitrogens with zero attached hydrogens (tertiary/aromatic N) is 2. The predicted octanol–water partition coefficient (Wildman–Crippen LogP) is 2.96. The normalized spacial score (nSPS) is 10.6. The maximum Gasteiger partial charge on any atom is 0.185 e. The van der Waals surface area contributed by atoms with Gasteiger partial charge in [0.15, 0.2) is 20.7 Å². The van der Waals surface area contributed by atoms with E-state index in [0.29, 0.717) is 17.8 Å². The number of furan rings is 1. The van der Waals surface area contributed by atoms with Crippen molar-refractivity contribution in [2.75, 3.05) is 6.26 Å². The van der Waals surface area contributed by atoms with E-state index in [1.807, 2.05) is 6.26 Å². The number of aromatic nitrogens is 2.